The maximum atomic E-state index is 12.0. The average molecular weight is 247 g/mol. The van der Waals surface area contributed by atoms with Crippen molar-refractivity contribution in [3.63, 3.8) is 0 Å². The summed E-state index contributed by atoms with van der Waals surface area (Å²) in [5, 5.41) is 3.22. The van der Waals surface area contributed by atoms with Gasteiger partial charge in [0.25, 0.3) is 0 Å². The van der Waals surface area contributed by atoms with Gasteiger partial charge in [-0.1, -0.05) is 19.1 Å². The van der Waals surface area contributed by atoms with Crippen LogP contribution in [0.25, 0.3) is 0 Å². The number of hydrogen-bond acceptors (Lipinski definition) is 3. The van der Waals surface area contributed by atoms with Crippen molar-refractivity contribution in [2.45, 2.75) is 19.8 Å². The topological polar surface area (TPSA) is 38.3 Å². The molecule has 1 aromatic carbocycles. The molecule has 1 fully saturated rings. The molecule has 0 radical (unpaired) electrons. The van der Waals surface area contributed by atoms with Crippen molar-refractivity contribution in [3.8, 4) is 5.75 Å². The molecule has 0 spiro atoms. The Morgan fingerprint density at radius 1 is 1.39 bits per heavy atom. The summed E-state index contributed by atoms with van der Waals surface area (Å²) in [5.41, 5.74) is 1.20. The Kier molecular flexibility index (Phi) is 4.37. The van der Waals surface area contributed by atoms with Gasteiger partial charge in [0.15, 0.2) is 0 Å². The summed E-state index contributed by atoms with van der Waals surface area (Å²) < 4.78 is 5.11. The average Bonchev–Trinajstić information content (AvgIpc) is 2.34. The Morgan fingerprint density at radius 3 is 2.56 bits per heavy atom. The van der Waals surface area contributed by atoms with Gasteiger partial charge in [-0.3, -0.25) is 4.79 Å². The second-order valence-corrected chi connectivity index (χ2v) is 5.02. The number of aryl methyl sites for hydroxylation is 1. The molecule has 98 valence electrons. The first kappa shape index (κ1) is 13.1. The van der Waals surface area contributed by atoms with Crippen molar-refractivity contribution in [3.05, 3.63) is 29.8 Å². The van der Waals surface area contributed by atoms with Gasteiger partial charge in [0.1, 0.15) is 11.5 Å². The molecule has 1 unspecified atom stereocenters. The van der Waals surface area contributed by atoms with E-state index in [0.717, 1.165) is 25.3 Å². The van der Waals surface area contributed by atoms with Crippen LogP contribution in [0.4, 0.5) is 0 Å². The highest BCUT2D eigenvalue weighted by molar-refractivity contribution is 5.81. The van der Waals surface area contributed by atoms with Crippen LogP contribution in [0.2, 0.25) is 0 Å². The van der Waals surface area contributed by atoms with Crippen LogP contribution in [0.3, 0.4) is 0 Å². The van der Waals surface area contributed by atoms with Crippen LogP contribution in [0.15, 0.2) is 24.3 Å². The van der Waals surface area contributed by atoms with Gasteiger partial charge in [0.2, 0.25) is 0 Å². The van der Waals surface area contributed by atoms with Crippen LogP contribution in [0.5, 0.6) is 5.75 Å². The zero-order valence-electron chi connectivity index (χ0n) is 11.1. The van der Waals surface area contributed by atoms with E-state index in [0.29, 0.717) is 18.1 Å². The van der Waals surface area contributed by atoms with Gasteiger partial charge >= 0.3 is 0 Å². The van der Waals surface area contributed by atoms with E-state index in [9.17, 15) is 4.79 Å². The predicted octanol–water partition coefficient (Wildman–Crippen LogP) is 2.05. The Bertz CT molecular complexity index is 395. The second-order valence-electron chi connectivity index (χ2n) is 5.02. The normalized spacial score (nSPS) is 17.0. The summed E-state index contributed by atoms with van der Waals surface area (Å²) in [5.74, 6) is 1.99. The number of ether oxygens (including phenoxy) is 1. The van der Waals surface area contributed by atoms with Gasteiger partial charge in [-0.05, 0) is 43.1 Å². The highest BCUT2D eigenvalue weighted by Crippen LogP contribution is 2.19. The number of nitrogens with one attached hydrogen (secondary N) is 1. The summed E-state index contributed by atoms with van der Waals surface area (Å²) >= 11 is 0. The van der Waals surface area contributed by atoms with Crippen molar-refractivity contribution in [1.29, 1.82) is 0 Å². The molecular formula is C15H21NO2. The summed E-state index contributed by atoms with van der Waals surface area (Å²) in [6.07, 6.45) is 1.47. The minimum Gasteiger partial charge on any atom is -0.497 e. The maximum Gasteiger partial charge on any atom is 0.136 e. The largest absolute Gasteiger partial charge is 0.497 e. The monoisotopic (exact) mass is 247 g/mol. The molecule has 1 atom stereocenters. The molecule has 0 aromatic heterocycles. The molecule has 1 aliphatic heterocycles. The van der Waals surface area contributed by atoms with Gasteiger partial charge in [-0.25, -0.2) is 0 Å². The van der Waals surface area contributed by atoms with Crippen LogP contribution in [0.1, 0.15) is 18.9 Å². The van der Waals surface area contributed by atoms with E-state index in [1.165, 1.54) is 5.56 Å². The third-order valence-corrected chi connectivity index (χ3v) is 3.85. The molecule has 0 saturated carbocycles. The van der Waals surface area contributed by atoms with Crippen molar-refractivity contribution < 1.29 is 9.53 Å². The summed E-state index contributed by atoms with van der Waals surface area (Å²) in [4.78, 5) is 12.0. The fourth-order valence-corrected chi connectivity index (χ4v) is 2.21. The molecule has 1 aliphatic rings. The lowest BCUT2D eigenvalue weighted by Gasteiger charge is -2.31. The molecule has 1 aromatic rings. The molecule has 3 heteroatoms. The molecule has 18 heavy (non-hydrogen) atoms. The Balaban J connectivity index is 1.80. The third-order valence-electron chi connectivity index (χ3n) is 3.85. The van der Waals surface area contributed by atoms with Crippen molar-refractivity contribution in [1.82, 2.24) is 5.32 Å². The van der Waals surface area contributed by atoms with Crippen LogP contribution >= 0.6 is 0 Å². The number of carbonyl (C=O) groups excluding carboxylic acids is 1. The van der Waals surface area contributed by atoms with Gasteiger partial charge in [-0.15, -0.1) is 0 Å². The van der Waals surface area contributed by atoms with E-state index < -0.39 is 0 Å². The van der Waals surface area contributed by atoms with Crippen molar-refractivity contribution in [2.24, 2.45) is 11.8 Å². The van der Waals surface area contributed by atoms with E-state index >= 15 is 0 Å². The van der Waals surface area contributed by atoms with E-state index in [1.807, 2.05) is 24.3 Å². The number of carbonyl (C=O) groups is 1. The number of Topliss-reactive ketones (excluding diaryl/α,β-unsaturated/α-hetero) is 1. The van der Waals surface area contributed by atoms with Crippen LogP contribution in [-0.4, -0.2) is 26.0 Å². The third kappa shape index (κ3) is 3.10. The molecule has 1 heterocycles. The summed E-state index contributed by atoms with van der Waals surface area (Å²) in [6.45, 7) is 4.05. The fourth-order valence-electron chi connectivity index (χ4n) is 2.21. The molecule has 3 nitrogen and oxygen atoms in total. The lowest BCUT2D eigenvalue weighted by molar-refractivity contribution is -0.124. The Morgan fingerprint density at radius 2 is 2.06 bits per heavy atom. The molecule has 1 saturated heterocycles. The van der Waals surface area contributed by atoms with Crippen molar-refractivity contribution >= 4 is 5.78 Å². The fraction of sp³-hybridized carbons (Fsp3) is 0.533. The van der Waals surface area contributed by atoms with Gasteiger partial charge < -0.3 is 10.1 Å². The number of ketones is 1. The lowest BCUT2D eigenvalue weighted by atomic mass is 9.84. The molecule has 0 bridgehead atoms. The molecular weight excluding hydrogens is 226 g/mol. The number of benzene rings is 1. The lowest BCUT2D eigenvalue weighted by Crippen LogP contribution is -2.47. The minimum absolute atomic E-state index is 0.199. The quantitative estimate of drug-likeness (QED) is 0.836. The molecule has 0 aliphatic carbocycles. The van der Waals surface area contributed by atoms with E-state index in [4.69, 9.17) is 4.74 Å². The first-order chi connectivity index (χ1) is 8.70. The van der Waals surface area contributed by atoms with Gasteiger partial charge in [0, 0.05) is 12.3 Å². The highest BCUT2D eigenvalue weighted by atomic mass is 16.5. The highest BCUT2D eigenvalue weighted by Gasteiger charge is 2.27. The van der Waals surface area contributed by atoms with Crippen LogP contribution < -0.4 is 10.1 Å². The SMILES string of the molecule is COc1ccc(CCC(=O)C(C)C2CNC2)cc1. The van der Waals surface area contributed by atoms with E-state index in [1.54, 1.807) is 7.11 Å². The number of rotatable bonds is 6. The summed E-state index contributed by atoms with van der Waals surface area (Å²) in [6, 6.07) is 7.95. The standard InChI is InChI=1S/C15H21NO2/c1-11(13-9-16-10-13)15(17)8-5-12-3-6-14(18-2)7-4-12/h3-4,6-7,11,13,16H,5,8-10H2,1-2H3. The van der Waals surface area contributed by atoms with Crippen LogP contribution in [0, 0.1) is 11.8 Å². The predicted molar refractivity (Wildman–Crippen MR) is 71.8 cm³/mol. The van der Waals surface area contributed by atoms with E-state index in [2.05, 4.69) is 12.2 Å². The first-order valence-electron chi connectivity index (χ1n) is 6.57. The second kappa shape index (κ2) is 6.01. The zero-order valence-corrected chi connectivity index (χ0v) is 11.1. The molecule has 0 amide bonds. The minimum atomic E-state index is 0.199. The summed E-state index contributed by atoms with van der Waals surface area (Å²) in [7, 11) is 1.66. The van der Waals surface area contributed by atoms with Gasteiger partial charge in [0.05, 0.1) is 7.11 Å². The van der Waals surface area contributed by atoms with Crippen molar-refractivity contribution in [2.75, 3.05) is 20.2 Å². The van der Waals surface area contributed by atoms with Gasteiger partial charge in [-0.2, -0.15) is 0 Å². The van der Waals surface area contributed by atoms with E-state index in [-0.39, 0.29) is 5.92 Å². The maximum absolute atomic E-state index is 12.0. The zero-order chi connectivity index (χ0) is 13.0. The first-order valence-corrected chi connectivity index (χ1v) is 6.57. The molecule has 1 N–H and O–H groups in total. The Labute approximate surface area is 109 Å². The molecule has 2 rings (SSSR count). The number of methoxy groups -OCH3 is 1. The smallest absolute Gasteiger partial charge is 0.136 e. The number of hydrogen-bond donors (Lipinski definition) is 1. The van der Waals surface area contributed by atoms with Crippen LogP contribution in [-0.2, 0) is 11.2 Å². The Hall–Kier alpha value is -1.35.